The van der Waals surface area contributed by atoms with Crippen LogP contribution in [-0.2, 0) is 11.3 Å². The van der Waals surface area contributed by atoms with Crippen molar-refractivity contribution >= 4 is 5.91 Å². The summed E-state index contributed by atoms with van der Waals surface area (Å²) in [6.45, 7) is 4.32. The van der Waals surface area contributed by atoms with Crippen molar-refractivity contribution in [2.45, 2.75) is 26.8 Å². The van der Waals surface area contributed by atoms with Gasteiger partial charge in [-0.15, -0.1) is 0 Å². The Morgan fingerprint density at radius 3 is 2.82 bits per heavy atom. The summed E-state index contributed by atoms with van der Waals surface area (Å²) in [4.78, 5) is 11.6. The van der Waals surface area contributed by atoms with Crippen LogP contribution < -0.4 is 10.1 Å². The molecule has 1 amide bonds. The maximum Gasteiger partial charge on any atom is 0.223 e. The summed E-state index contributed by atoms with van der Waals surface area (Å²) in [7, 11) is 1.50. The molecule has 1 unspecified atom stereocenters. The van der Waals surface area contributed by atoms with Crippen molar-refractivity contribution in [1.82, 2.24) is 5.32 Å². The minimum absolute atomic E-state index is 0.0222. The van der Waals surface area contributed by atoms with Crippen molar-refractivity contribution in [2.24, 2.45) is 5.92 Å². The number of carbonyl (C=O) groups is 1. The lowest BCUT2D eigenvalue weighted by Gasteiger charge is -2.11. The van der Waals surface area contributed by atoms with Gasteiger partial charge in [0.25, 0.3) is 0 Å². The van der Waals surface area contributed by atoms with Gasteiger partial charge in [0, 0.05) is 12.5 Å². The van der Waals surface area contributed by atoms with Crippen molar-refractivity contribution < 1.29 is 14.6 Å². The van der Waals surface area contributed by atoms with Gasteiger partial charge in [-0.25, -0.2) is 0 Å². The quantitative estimate of drug-likeness (QED) is 0.824. The Morgan fingerprint density at radius 1 is 1.53 bits per heavy atom. The molecular weight excluding hydrogens is 218 g/mol. The van der Waals surface area contributed by atoms with Crippen molar-refractivity contribution in [1.29, 1.82) is 0 Å². The number of aromatic hydroxyl groups is 1. The van der Waals surface area contributed by atoms with E-state index >= 15 is 0 Å². The summed E-state index contributed by atoms with van der Waals surface area (Å²) in [5, 5.41) is 12.3. The number of benzene rings is 1. The fourth-order valence-corrected chi connectivity index (χ4v) is 1.38. The molecule has 1 aromatic carbocycles. The fourth-order valence-electron chi connectivity index (χ4n) is 1.38. The zero-order valence-electron chi connectivity index (χ0n) is 10.5. The van der Waals surface area contributed by atoms with Gasteiger partial charge in [0.1, 0.15) is 0 Å². The average Bonchev–Trinajstić information content (AvgIpc) is 2.36. The topological polar surface area (TPSA) is 58.6 Å². The molecule has 4 nitrogen and oxygen atoms in total. The van der Waals surface area contributed by atoms with E-state index in [1.165, 1.54) is 7.11 Å². The predicted molar refractivity (Wildman–Crippen MR) is 66.0 cm³/mol. The van der Waals surface area contributed by atoms with Gasteiger partial charge in [0.2, 0.25) is 5.91 Å². The largest absolute Gasteiger partial charge is 0.504 e. The lowest BCUT2D eigenvalue weighted by atomic mass is 10.1. The standard InChI is InChI=1S/C13H19NO3/c1-4-9(2)13(16)14-8-10-5-6-11(15)12(7-10)17-3/h5-7,9,15H,4,8H2,1-3H3,(H,14,16). The Labute approximate surface area is 102 Å². The number of ether oxygens (including phenoxy) is 1. The first-order valence-electron chi connectivity index (χ1n) is 5.72. The van der Waals surface area contributed by atoms with E-state index in [2.05, 4.69) is 5.32 Å². The molecule has 0 fully saturated rings. The molecule has 94 valence electrons. The highest BCUT2D eigenvalue weighted by atomic mass is 16.5. The van der Waals surface area contributed by atoms with Gasteiger partial charge in [-0.3, -0.25) is 4.79 Å². The fraction of sp³-hybridized carbons (Fsp3) is 0.462. The third-order valence-electron chi connectivity index (χ3n) is 2.77. The van der Waals surface area contributed by atoms with Crippen LogP contribution in [0.5, 0.6) is 11.5 Å². The maximum atomic E-state index is 11.6. The second-order valence-electron chi connectivity index (χ2n) is 4.03. The van der Waals surface area contributed by atoms with Gasteiger partial charge in [0.05, 0.1) is 7.11 Å². The Hall–Kier alpha value is -1.71. The van der Waals surface area contributed by atoms with Gasteiger partial charge >= 0.3 is 0 Å². The zero-order chi connectivity index (χ0) is 12.8. The summed E-state index contributed by atoms with van der Waals surface area (Å²) >= 11 is 0. The molecule has 0 bridgehead atoms. The van der Waals surface area contributed by atoms with Gasteiger partial charge in [-0.05, 0) is 24.1 Å². The maximum absolute atomic E-state index is 11.6. The van der Waals surface area contributed by atoms with Gasteiger partial charge in [0.15, 0.2) is 11.5 Å². The first kappa shape index (κ1) is 13.4. The van der Waals surface area contributed by atoms with Crippen LogP contribution in [0.25, 0.3) is 0 Å². The van der Waals surface area contributed by atoms with Gasteiger partial charge in [-0.1, -0.05) is 19.9 Å². The van der Waals surface area contributed by atoms with Crippen LogP contribution in [0.15, 0.2) is 18.2 Å². The molecule has 4 heteroatoms. The second-order valence-corrected chi connectivity index (χ2v) is 4.03. The Kier molecular flexibility index (Phi) is 4.82. The minimum Gasteiger partial charge on any atom is -0.504 e. The van der Waals surface area contributed by atoms with Crippen molar-refractivity contribution in [3.8, 4) is 11.5 Å². The van der Waals surface area contributed by atoms with Crippen LogP contribution in [-0.4, -0.2) is 18.1 Å². The molecule has 0 radical (unpaired) electrons. The Bertz CT molecular complexity index is 390. The molecule has 1 rings (SSSR count). The molecule has 17 heavy (non-hydrogen) atoms. The van der Waals surface area contributed by atoms with Crippen molar-refractivity contribution in [3.05, 3.63) is 23.8 Å². The summed E-state index contributed by atoms with van der Waals surface area (Å²) in [6, 6.07) is 5.03. The molecular formula is C13H19NO3. The molecule has 1 atom stereocenters. The van der Waals surface area contributed by atoms with Gasteiger partial charge < -0.3 is 15.2 Å². The molecule has 0 aromatic heterocycles. The molecule has 0 saturated heterocycles. The van der Waals surface area contributed by atoms with Crippen molar-refractivity contribution in [2.75, 3.05) is 7.11 Å². The number of amides is 1. The number of hydrogen-bond donors (Lipinski definition) is 2. The summed E-state index contributed by atoms with van der Waals surface area (Å²) in [6.07, 6.45) is 0.824. The minimum atomic E-state index is 0.0222. The third kappa shape index (κ3) is 3.66. The van der Waals surface area contributed by atoms with Gasteiger partial charge in [-0.2, -0.15) is 0 Å². The lowest BCUT2D eigenvalue weighted by molar-refractivity contribution is -0.124. The number of phenolic OH excluding ortho intramolecular Hbond substituents is 1. The molecule has 1 aromatic rings. The first-order chi connectivity index (χ1) is 8.08. The molecule has 0 aliphatic rings. The molecule has 0 heterocycles. The van der Waals surface area contributed by atoms with E-state index in [1.807, 2.05) is 13.8 Å². The van der Waals surface area contributed by atoms with Crippen molar-refractivity contribution in [3.63, 3.8) is 0 Å². The Morgan fingerprint density at radius 2 is 2.24 bits per heavy atom. The number of nitrogens with one attached hydrogen (secondary N) is 1. The molecule has 0 aliphatic carbocycles. The van der Waals surface area contributed by atoms with E-state index < -0.39 is 0 Å². The number of rotatable bonds is 5. The Balaban J connectivity index is 2.61. The SMILES string of the molecule is CCC(C)C(=O)NCc1ccc(O)c(OC)c1. The molecule has 0 saturated carbocycles. The summed E-state index contributed by atoms with van der Waals surface area (Å²) < 4.78 is 5.00. The van der Waals surface area contributed by atoms with Crippen LogP contribution in [0.2, 0.25) is 0 Å². The normalized spacial score (nSPS) is 11.9. The first-order valence-corrected chi connectivity index (χ1v) is 5.72. The van der Waals surface area contributed by atoms with Crippen LogP contribution in [0.4, 0.5) is 0 Å². The van der Waals surface area contributed by atoms with E-state index in [4.69, 9.17) is 4.74 Å². The second kappa shape index (κ2) is 6.13. The lowest BCUT2D eigenvalue weighted by Crippen LogP contribution is -2.28. The monoisotopic (exact) mass is 237 g/mol. The smallest absolute Gasteiger partial charge is 0.223 e. The highest BCUT2D eigenvalue weighted by molar-refractivity contribution is 5.78. The summed E-state index contributed by atoms with van der Waals surface area (Å²) in [5.74, 6) is 0.582. The van der Waals surface area contributed by atoms with E-state index in [9.17, 15) is 9.90 Å². The molecule has 2 N–H and O–H groups in total. The number of phenols is 1. The third-order valence-corrected chi connectivity index (χ3v) is 2.77. The zero-order valence-corrected chi connectivity index (χ0v) is 10.5. The van der Waals surface area contributed by atoms with E-state index in [0.717, 1.165) is 12.0 Å². The number of carbonyl (C=O) groups excluding carboxylic acids is 1. The number of methoxy groups -OCH3 is 1. The number of hydrogen-bond acceptors (Lipinski definition) is 3. The van der Waals surface area contributed by atoms with Crippen LogP contribution in [0.3, 0.4) is 0 Å². The van der Waals surface area contributed by atoms with E-state index in [0.29, 0.717) is 12.3 Å². The van der Waals surface area contributed by atoms with Crippen LogP contribution >= 0.6 is 0 Å². The highest BCUT2D eigenvalue weighted by Gasteiger charge is 2.10. The van der Waals surface area contributed by atoms with Crippen LogP contribution in [0, 0.1) is 5.92 Å². The van der Waals surface area contributed by atoms with E-state index in [-0.39, 0.29) is 17.6 Å². The van der Waals surface area contributed by atoms with Crippen LogP contribution in [0.1, 0.15) is 25.8 Å². The molecule has 0 aliphatic heterocycles. The molecule has 0 spiro atoms. The van der Waals surface area contributed by atoms with E-state index in [1.54, 1.807) is 18.2 Å². The summed E-state index contributed by atoms with van der Waals surface area (Å²) in [5.41, 5.74) is 0.899. The average molecular weight is 237 g/mol. The highest BCUT2D eigenvalue weighted by Crippen LogP contribution is 2.26. The predicted octanol–water partition coefficient (Wildman–Crippen LogP) is 2.06.